The van der Waals surface area contributed by atoms with E-state index in [4.69, 9.17) is 11.6 Å². The van der Waals surface area contributed by atoms with E-state index in [1.807, 2.05) is 24.3 Å². The summed E-state index contributed by atoms with van der Waals surface area (Å²) in [6.45, 7) is 0.895. The lowest BCUT2D eigenvalue weighted by atomic mass is 9.72. The van der Waals surface area contributed by atoms with Gasteiger partial charge in [-0.25, -0.2) is 4.79 Å². The maximum Gasteiger partial charge on any atom is 0.315 e. The Morgan fingerprint density at radius 3 is 2.27 bits per heavy atom. The van der Waals surface area contributed by atoms with Gasteiger partial charge in [0.05, 0.1) is 5.54 Å². The summed E-state index contributed by atoms with van der Waals surface area (Å²) < 4.78 is 0. The third kappa shape index (κ3) is 4.91. The lowest BCUT2D eigenvalue weighted by Gasteiger charge is -2.43. The van der Waals surface area contributed by atoms with Crippen molar-refractivity contribution in [1.82, 2.24) is 16.0 Å². The first-order valence-electron chi connectivity index (χ1n) is 9.66. The molecule has 0 aliphatic heterocycles. The predicted molar refractivity (Wildman–Crippen MR) is 103 cm³/mol. The highest BCUT2D eigenvalue weighted by atomic mass is 35.5. The van der Waals surface area contributed by atoms with E-state index in [0.29, 0.717) is 30.5 Å². The first kappa shape index (κ1) is 19.0. The third-order valence-corrected chi connectivity index (χ3v) is 5.89. The van der Waals surface area contributed by atoms with Crippen molar-refractivity contribution in [2.75, 3.05) is 13.1 Å². The summed E-state index contributed by atoms with van der Waals surface area (Å²) in [5.74, 6) is 0.639. The quantitative estimate of drug-likeness (QED) is 0.634. The molecule has 0 aromatic heterocycles. The van der Waals surface area contributed by atoms with Gasteiger partial charge in [0.1, 0.15) is 0 Å². The number of halogens is 1. The summed E-state index contributed by atoms with van der Waals surface area (Å²) >= 11 is 5.96. The van der Waals surface area contributed by atoms with Gasteiger partial charge in [0, 0.05) is 24.5 Å². The van der Waals surface area contributed by atoms with Crippen LogP contribution in [0.25, 0.3) is 0 Å². The van der Waals surface area contributed by atoms with Crippen LogP contribution in [0.3, 0.4) is 0 Å². The number of benzene rings is 1. The van der Waals surface area contributed by atoms with E-state index in [-0.39, 0.29) is 17.5 Å². The Morgan fingerprint density at radius 2 is 1.65 bits per heavy atom. The molecule has 0 unspecified atom stereocenters. The van der Waals surface area contributed by atoms with Crippen molar-refractivity contribution in [2.24, 2.45) is 5.92 Å². The minimum Gasteiger partial charge on any atom is -0.354 e. The molecule has 3 rings (SSSR count). The van der Waals surface area contributed by atoms with E-state index < -0.39 is 0 Å². The molecule has 3 N–H and O–H groups in total. The second-order valence-corrected chi connectivity index (χ2v) is 7.96. The van der Waals surface area contributed by atoms with Crippen LogP contribution in [0, 0.1) is 5.92 Å². The predicted octanol–water partition coefficient (Wildman–Crippen LogP) is 3.71. The molecule has 0 heterocycles. The minimum absolute atomic E-state index is 0.0933. The highest BCUT2D eigenvalue weighted by Crippen LogP contribution is 2.41. The number of amides is 3. The number of hydrogen-bond donors (Lipinski definition) is 3. The van der Waals surface area contributed by atoms with Gasteiger partial charge in [0.15, 0.2) is 0 Å². The Balaban J connectivity index is 1.38. The highest BCUT2D eigenvalue weighted by molar-refractivity contribution is 6.30. The molecular weight excluding hydrogens is 350 g/mol. The average molecular weight is 378 g/mol. The lowest BCUT2D eigenvalue weighted by molar-refractivity contribution is -0.121. The zero-order valence-corrected chi connectivity index (χ0v) is 15.9. The molecule has 3 amide bonds. The Labute approximate surface area is 160 Å². The molecule has 142 valence electrons. The number of rotatable bonds is 7. The van der Waals surface area contributed by atoms with Gasteiger partial charge in [-0.3, -0.25) is 4.79 Å². The molecule has 2 aliphatic carbocycles. The Kier molecular flexibility index (Phi) is 6.41. The highest BCUT2D eigenvalue weighted by Gasteiger charge is 2.39. The number of nitrogens with one attached hydrogen (secondary N) is 3. The van der Waals surface area contributed by atoms with Crippen molar-refractivity contribution >= 4 is 23.5 Å². The summed E-state index contributed by atoms with van der Waals surface area (Å²) in [5.41, 5.74) is 0.800. The largest absolute Gasteiger partial charge is 0.354 e. The molecule has 26 heavy (non-hydrogen) atoms. The van der Waals surface area contributed by atoms with E-state index in [2.05, 4.69) is 16.0 Å². The molecule has 0 spiro atoms. The second-order valence-electron chi connectivity index (χ2n) is 7.53. The average Bonchev–Trinajstić information content (AvgIpc) is 3.09. The molecule has 6 heteroatoms. The van der Waals surface area contributed by atoms with Crippen LogP contribution in [0.5, 0.6) is 0 Å². The third-order valence-electron chi connectivity index (χ3n) is 5.64. The van der Waals surface area contributed by atoms with E-state index in [1.165, 1.54) is 25.7 Å². The molecule has 2 aliphatic rings. The normalized spacial score (nSPS) is 18.8. The van der Waals surface area contributed by atoms with Crippen LogP contribution in [0.15, 0.2) is 24.3 Å². The number of carbonyl (C=O) groups is 2. The van der Waals surface area contributed by atoms with Crippen LogP contribution in [0.4, 0.5) is 4.79 Å². The topological polar surface area (TPSA) is 70.2 Å². The van der Waals surface area contributed by atoms with Gasteiger partial charge in [-0.15, -0.1) is 0 Å². The molecule has 1 aromatic carbocycles. The molecule has 0 radical (unpaired) electrons. The Hall–Kier alpha value is -1.75. The van der Waals surface area contributed by atoms with Gasteiger partial charge in [-0.2, -0.15) is 0 Å². The Bertz CT molecular complexity index is 622. The fourth-order valence-electron chi connectivity index (χ4n) is 3.97. The van der Waals surface area contributed by atoms with Gasteiger partial charge in [0.25, 0.3) is 0 Å². The first-order chi connectivity index (χ1) is 12.6. The van der Waals surface area contributed by atoms with Crippen LogP contribution in [-0.4, -0.2) is 25.0 Å². The minimum atomic E-state index is -0.291. The fourth-order valence-corrected chi connectivity index (χ4v) is 4.10. The van der Waals surface area contributed by atoms with Crippen molar-refractivity contribution in [1.29, 1.82) is 0 Å². The van der Waals surface area contributed by atoms with Gasteiger partial charge in [-0.05, 0) is 55.7 Å². The smallest absolute Gasteiger partial charge is 0.315 e. The standard InChI is InChI=1S/C20H28ClN3O2/c21-17-8-6-16(7-9-17)20(10-3-11-20)24-19(26)23-13-12-22-18(25)14-15-4-1-2-5-15/h6-9,15H,1-5,10-14H2,(H,22,25)(H2,23,24,26). The lowest BCUT2D eigenvalue weighted by Crippen LogP contribution is -2.54. The van der Waals surface area contributed by atoms with E-state index in [0.717, 1.165) is 24.8 Å². The molecule has 2 saturated carbocycles. The van der Waals surface area contributed by atoms with E-state index >= 15 is 0 Å². The SMILES string of the molecule is O=C(CC1CCCC1)NCCNC(=O)NC1(c2ccc(Cl)cc2)CCC1. The number of carbonyl (C=O) groups excluding carboxylic acids is 2. The number of urea groups is 1. The first-order valence-corrected chi connectivity index (χ1v) is 10.0. The molecule has 0 atom stereocenters. The Morgan fingerprint density at radius 1 is 1.00 bits per heavy atom. The second kappa shape index (κ2) is 8.76. The van der Waals surface area contributed by atoms with Crippen LogP contribution in [0.1, 0.15) is 56.9 Å². The zero-order chi connectivity index (χ0) is 18.4. The van der Waals surface area contributed by atoms with E-state index in [1.54, 1.807) is 0 Å². The van der Waals surface area contributed by atoms with Crippen molar-refractivity contribution in [3.63, 3.8) is 0 Å². The zero-order valence-electron chi connectivity index (χ0n) is 15.2. The van der Waals surface area contributed by atoms with Gasteiger partial charge >= 0.3 is 6.03 Å². The number of hydrogen-bond acceptors (Lipinski definition) is 2. The van der Waals surface area contributed by atoms with Crippen LogP contribution in [-0.2, 0) is 10.3 Å². The fraction of sp³-hybridized carbons (Fsp3) is 0.600. The summed E-state index contributed by atoms with van der Waals surface area (Å²) in [7, 11) is 0. The van der Waals surface area contributed by atoms with Crippen molar-refractivity contribution in [3.05, 3.63) is 34.9 Å². The van der Waals surface area contributed by atoms with Crippen LogP contribution in [0.2, 0.25) is 5.02 Å². The summed E-state index contributed by atoms with van der Waals surface area (Å²) in [4.78, 5) is 24.1. The maximum absolute atomic E-state index is 12.3. The molecule has 1 aromatic rings. The maximum atomic E-state index is 12.3. The molecule has 2 fully saturated rings. The molecule has 5 nitrogen and oxygen atoms in total. The summed E-state index contributed by atoms with van der Waals surface area (Å²) in [6, 6.07) is 7.48. The van der Waals surface area contributed by atoms with Gasteiger partial charge in [-0.1, -0.05) is 36.6 Å². The van der Waals surface area contributed by atoms with Crippen molar-refractivity contribution in [3.8, 4) is 0 Å². The van der Waals surface area contributed by atoms with Gasteiger partial charge < -0.3 is 16.0 Å². The van der Waals surface area contributed by atoms with Gasteiger partial charge in [0.2, 0.25) is 5.91 Å². The van der Waals surface area contributed by atoms with Crippen LogP contribution < -0.4 is 16.0 Å². The summed E-state index contributed by atoms with van der Waals surface area (Å²) in [6.07, 6.45) is 8.40. The van der Waals surface area contributed by atoms with Crippen LogP contribution >= 0.6 is 11.6 Å². The molecule has 0 saturated heterocycles. The van der Waals surface area contributed by atoms with E-state index in [9.17, 15) is 9.59 Å². The molecular formula is C20H28ClN3O2. The van der Waals surface area contributed by atoms with Crippen molar-refractivity contribution < 1.29 is 9.59 Å². The molecule has 0 bridgehead atoms. The van der Waals surface area contributed by atoms with Crippen molar-refractivity contribution in [2.45, 2.75) is 56.9 Å². The summed E-state index contributed by atoms with van der Waals surface area (Å²) in [5, 5.41) is 9.55. The monoisotopic (exact) mass is 377 g/mol.